The van der Waals surface area contributed by atoms with Crippen LogP contribution in [-0.2, 0) is 19.3 Å². The average Bonchev–Trinajstić information content (AvgIpc) is 2.84. The van der Waals surface area contributed by atoms with Crippen LogP contribution in [-0.4, -0.2) is 0 Å². The molecule has 0 nitrogen and oxygen atoms in total. The third kappa shape index (κ3) is 6.27. The molecule has 0 aromatic heterocycles. The van der Waals surface area contributed by atoms with Gasteiger partial charge in [0.1, 0.15) is 17.5 Å². The van der Waals surface area contributed by atoms with Crippen LogP contribution in [0.1, 0.15) is 55.7 Å². The van der Waals surface area contributed by atoms with Gasteiger partial charge in [-0.1, -0.05) is 80.6 Å². The second-order valence-electron chi connectivity index (χ2n) is 9.20. The van der Waals surface area contributed by atoms with Gasteiger partial charge in [-0.3, -0.25) is 0 Å². The van der Waals surface area contributed by atoms with E-state index in [2.05, 4.69) is 6.92 Å². The zero-order valence-electron chi connectivity index (χ0n) is 20.0. The van der Waals surface area contributed by atoms with Crippen LogP contribution in [0.15, 0.2) is 66.7 Å². The fourth-order valence-corrected chi connectivity index (χ4v) is 4.72. The first-order valence-corrected chi connectivity index (χ1v) is 12.8. The van der Waals surface area contributed by atoms with E-state index in [4.69, 9.17) is 11.6 Å². The molecule has 0 saturated heterocycles. The summed E-state index contributed by atoms with van der Waals surface area (Å²) in [7, 11) is 0. The second-order valence-corrected chi connectivity index (χ2v) is 9.64. The smallest absolute Gasteiger partial charge is 0.134 e. The summed E-state index contributed by atoms with van der Waals surface area (Å²) in [5.74, 6) is -1.44. The van der Waals surface area contributed by atoms with Gasteiger partial charge in [-0.2, -0.15) is 0 Å². The molecule has 0 atom stereocenters. The third-order valence-electron chi connectivity index (χ3n) is 6.59. The number of fused-ring (bicyclic) bond motifs is 1. The number of halogens is 4. The molecule has 0 N–H and O–H groups in total. The Morgan fingerprint density at radius 2 is 1.37 bits per heavy atom. The minimum Gasteiger partial charge on any atom is -0.206 e. The summed E-state index contributed by atoms with van der Waals surface area (Å²) in [5.41, 5.74) is 2.72. The lowest BCUT2D eigenvalue weighted by atomic mass is 9.95. The summed E-state index contributed by atoms with van der Waals surface area (Å²) in [6, 6.07) is 18.8. The fraction of sp³-hybridized carbons (Fsp3) is 0.290. The highest BCUT2D eigenvalue weighted by atomic mass is 35.5. The molecule has 0 fully saturated rings. The highest BCUT2D eigenvalue weighted by Gasteiger charge is 2.15. The van der Waals surface area contributed by atoms with Gasteiger partial charge in [0, 0.05) is 10.4 Å². The van der Waals surface area contributed by atoms with Gasteiger partial charge >= 0.3 is 0 Å². The lowest BCUT2D eigenvalue weighted by Gasteiger charge is -2.11. The lowest BCUT2D eigenvalue weighted by molar-refractivity contribution is 0.581. The van der Waals surface area contributed by atoms with Gasteiger partial charge in [-0.15, -0.1) is 0 Å². The van der Waals surface area contributed by atoms with E-state index in [-0.39, 0.29) is 11.4 Å². The van der Waals surface area contributed by atoms with E-state index in [1.54, 1.807) is 24.3 Å². The number of unbranched alkanes of at least 4 members (excludes halogenated alkanes) is 4. The maximum Gasteiger partial charge on any atom is 0.134 e. The van der Waals surface area contributed by atoms with Crippen molar-refractivity contribution in [2.24, 2.45) is 0 Å². The van der Waals surface area contributed by atoms with Crippen LogP contribution >= 0.6 is 11.6 Å². The summed E-state index contributed by atoms with van der Waals surface area (Å²) in [6.45, 7) is 2.16. The molecule has 0 saturated carbocycles. The van der Waals surface area contributed by atoms with Crippen molar-refractivity contribution in [1.29, 1.82) is 0 Å². The standard InChI is InChI=1S/C31H30ClF3/c1-2-3-4-5-6-7-22-18-28(33)30(29(34)19-22)25-14-17-27-24(20-25)13-12-23(31(27)35)11-8-21-9-15-26(32)16-10-21/h9-10,12-20H,2-8,11H2,1H3. The van der Waals surface area contributed by atoms with E-state index in [0.29, 0.717) is 51.7 Å². The quantitative estimate of drug-likeness (QED) is 0.192. The normalized spacial score (nSPS) is 11.3. The minimum atomic E-state index is -0.576. The average molecular weight is 495 g/mol. The molecule has 0 aliphatic carbocycles. The van der Waals surface area contributed by atoms with Crippen molar-refractivity contribution < 1.29 is 13.2 Å². The SMILES string of the molecule is CCCCCCCc1cc(F)c(-c2ccc3c(F)c(CCc4ccc(Cl)cc4)ccc3c2)c(F)c1. The summed E-state index contributed by atoms with van der Waals surface area (Å²) >= 11 is 5.93. The third-order valence-corrected chi connectivity index (χ3v) is 6.84. The summed E-state index contributed by atoms with van der Waals surface area (Å²) in [4.78, 5) is 0. The Kier molecular flexibility index (Phi) is 8.51. The Morgan fingerprint density at radius 3 is 2.09 bits per heavy atom. The van der Waals surface area contributed by atoms with Crippen molar-refractivity contribution in [3.8, 4) is 11.1 Å². The van der Waals surface area contributed by atoms with Gasteiger partial charge in [0.2, 0.25) is 0 Å². The monoisotopic (exact) mass is 494 g/mol. The Labute approximate surface area is 210 Å². The largest absolute Gasteiger partial charge is 0.206 e. The molecule has 35 heavy (non-hydrogen) atoms. The van der Waals surface area contributed by atoms with E-state index in [0.717, 1.165) is 24.8 Å². The van der Waals surface area contributed by atoms with Crippen LogP contribution in [0.2, 0.25) is 5.02 Å². The molecule has 0 amide bonds. The molecular formula is C31H30ClF3. The first-order chi connectivity index (χ1) is 17.0. The van der Waals surface area contributed by atoms with Crippen LogP contribution in [0.3, 0.4) is 0 Å². The summed E-state index contributed by atoms with van der Waals surface area (Å²) in [6.07, 6.45) is 7.40. The van der Waals surface area contributed by atoms with Crippen LogP contribution < -0.4 is 0 Å². The maximum atomic E-state index is 15.2. The van der Waals surface area contributed by atoms with E-state index >= 15 is 4.39 Å². The zero-order valence-corrected chi connectivity index (χ0v) is 20.8. The molecule has 182 valence electrons. The highest BCUT2D eigenvalue weighted by Crippen LogP contribution is 2.32. The maximum absolute atomic E-state index is 15.2. The molecule has 4 rings (SSSR count). The second kappa shape index (κ2) is 11.8. The van der Waals surface area contributed by atoms with Crippen molar-refractivity contribution in [3.05, 3.63) is 106 Å². The number of hydrogen-bond donors (Lipinski definition) is 0. The number of benzene rings is 4. The molecule has 0 unspecified atom stereocenters. The summed E-state index contributed by atoms with van der Waals surface area (Å²) in [5, 5.41) is 1.74. The van der Waals surface area contributed by atoms with Crippen molar-refractivity contribution in [1.82, 2.24) is 0 Å². The number of aryl methyl sites for hydroxylation is 3. The lowest BCUT2D eigenvalue weighted by Crippen LogP contribution is -1.97. The van der Waals surface area contributed by atoms with E-state index in [1.807, 2.05) is 30.3 Å². The van der Waals surface area contributed by atoms with Crippen molar-refractivity contribution in [2.75, 3.05) is 0 Å². The van der Waals surface area contributed by atoms with E-state index in [9.17, 15) is 8.78 Å². The van der Waals surface area contributed by atoms with Crippen molar-refractivity contribution in [3.63, 3.8) is 0 Å². The molecular weight excluding hydrogens is 465 g/mol. The Bertz CT molecular complexity index is 1270. The van der Waals surface area contributed by atoms with Gasteiger partial charge in [0.25, 0.3) is 0 Å². The van der Waals surface area contributed by atoms with Gasteiger partial charge in [0.05, 0.1) is 5.56 Å². The van der Waals surface area contributed by atoms with E-state index in [1.165, 1.54) is 25.0 Å². The fourth-order valence-electron chi connectivity index (χ4n) is 4.59. The first-order valence-electron chi connectivity index (χ1n) is 12.4. The minimum absolute atomic E-state index is 0.0612. The molecule has 4 heteroatoms. The van der Waals surface area contributed by atoms with Crippen molar-refractivity contribution >= 4 is 22.4 Å². The van der Waals surface area contributed by atoms with Crippen LogP contribution in [0.5, 0.6) is 0 Å². The Balaban J connectivity index is 1.52. The summed E-state index contributed by atoms with van der Waals surface area (Å²) < 4.78 is 45.1. The molecule has 0 radical (unpaired) electrons. The number of hydrogen-bond acceptors (Lipinski definition) is 0. The highest BCUT2D eigenvalue weighted by molar-refractivity contribution is 6.30. The topological polar surface area (TPSA) is 0 Å². The molecule has 4 aromatic carbocycles. The first kappa shape index (κ1) is 25.3. The van der Waals surface area contributed by atoms with Gasteiger partial charge in [0.15, 0.2) is 0 Å². The van der Waals surface area contributed by atoms with Crippen LogP contribution in [0.4, 0.5) is 13.2 Å². The molecule has 0 bridgehead atoms. The van der Waals surface area contributed by atoms with Gasteiger partial charge in [-0.25, -0.2) is 13.2 Å². The Hall–Kier alpha value is -2.78. The predicted octanol–water partition coefficient (Wildman–Crippen LogP) is 9.88. The predicted molar refractivity (Wildman–Crippen MR) is 141 cm³/mol. The molecule has 4 aromatic rings. The number of rotatable bonds is 10. The molecule has 0 aliphatic heterocycles. The molecule has 0 heterocycles. The van der Waals surface area contributed by atoms with Gasteiger partial charge in [-0.05, 0) is 83.7 Å². The van der Waals surface area contributed by atoms with Crippen LogP contribution in [0.25, 0.3) is 21.9 Å². The van der Waals surface area contributed by atoms with E-state index < -0.39 is 11.6 Å². The molecule has 0 aliphatic rings. The van der Waals surface area contributed by atoms with Gasteiger partial charge < -0.3 is 0 Å². The molecule has 0 spiro atoms. The Morgan fingerprint density at radius 1 is 0.657 bits per heavy atom. The van der Waals surface area contributed by atoms with Crippen LogP contribution in [0, 0.1) is 17.5 Å². The van der Waals surface area contributed by atoms with Crippen molar-refractivity contribution in [2.45, 2.75) is 58.3 Å². The zero-order chi connectivity index (χ0) is 24.8.